The Morgan fingerprint density at radius 1 is 0.931 bits per heavy atom. The van der Waals surface area contributed by atoms with Crippen molar-refractivity contribution in [3.8, 4) is 17.6 Å². The number of phenols is 1. The van der Waals surface area contributed by atoms with Crippen molar-refractivity contribution in [2.75, 3.05) is 7.11 Å². The van der Waals surface area contributed by atoms with Crippen molar-refractivity contribution in [3.05, 3.63) is 93.5 Å². The Kier molecular flexibility index (Phi) is 4.21. The van der Waals surface area contributed by atoms with Crippen molar-refractivity contribution in [2.24, 2.45) is 0 Å². The quantitative estimate of drug-likeness (QED) is 0.545. The van der Waals surface area contributed by atoms with Gasteiger partial charge >= 0.3 is 0 Å². The van der Waals surface area contributed by atoms with E-state index in [9.17, 15) is 19.5 Å². The van der Waals surface area contributed by atoms with Crippen LogP contribution in [0.4, 0.5) is 0 Å². The maximum atomic E-state index is 13.1. The molecule has 3 aromatic rings. The van der Waals surface area contributed by atoms with Crippen molar-refractivity contribution in [1.29, 1.82) is 5.26 Å². The lowest BCUT2D eigenvalue weighted by atomic mass is 9.81. The predicted octanol–water partition coefficient (Wildman–Crippen LogP) is 3.28. The summed E-state index contributed by atoms with van der Waals surface area (Å²) >= 11 is 0. The molecule has 1 N–H and O–H groups in total. The number of fused-ring (bicyclic) bond motifs is 2. The van der Waals surface area contributed by atoms with Crippen LogP contribution in [0.3, 0.4) is 0 Å². The predicted molar refractivity (Wildman–Crippen MR) is 103 cm³/mol. The normalized spacial score (nSPS) is 12.0. The molecule has 0 saturated carbocycles. The highest BCUT2D eigenvalue weighted by Gasteiger charge is 2.36. The molecule has 1 aliphatic carbocycles. The van der Waals surface area contributed by atoms with Gasteiger partial charge in [-0.1, -0.05) is 12.1 Å². The van der Waals surface area contributed by atoms with E-state index in [2.05, 4.69) is 0 Å². The summed E-state index contributed by atoms with van der Waals surface area (Å²) in [6, 6.07) is 15.2. The largest absolute Gasteiger partial charge is 0.506 e. The number of phenolic OH excluding ortho intramolecular Hbond substituents is 1. The number of rotatable bonds is 3. The standard InChI is InChI=1S/C23H13NO5/c1-29-17-4-2-3-14-18(17)23(28)19-15(21(14)26)9-10-16(22(19)27)20(25)13-7-5-12(11-24)6-8-13/h2-10,27H,1H3. The molecule has 6 heteroatoms. The summed E-state index contributed by atoms with van der Waals surface area (Å²) in [6.07, 6.45) is 0. The first-order valence-corrected chi connectivity index (χ1v) is 8.65. The van der Waals surface area contributed by atoms with Gasteiger partial charge in [0.05, 0.1) is 35.4 Å². The first-order chi connectivity index (χ1) is 14.0. The van der Waals surface area contributed by atoms with Crippen LogP contribution in [-0.2, 0) is 0 Å². The summed E-state index contributed by atoms with van der Waals surface area (Å²) in [5, 5.41) is 19.6. The van der Waals surface area contributed by atoms with Crippen LogP contribution in [0.1, 0.15) is 53.3 Å². The molecule has 4 rings (SSSR count). The Hall–Kier alpha value is -4.24. The van der Waals surface area contributed by atoms with Crippen LogP contribution in [0, 0.1) is 11.3 Å². The van der Waals surface area contributed by atoms with E-state index in [1.54, 1.807) is 12.1 Å². The topological polar surface area (TPSA) is 104 Å². The van der Waals surface area contributed by atoms with Gasteiger partial charge in [0, 0.05) is 16.7 Å². The number of nitrogens with zero attached hydrogens (tertiary/aromatic N) is 1. The molecule has 0 unspecified atom stereocenters. The number of carbonyl (C=O) groups is 3. The first-order valence-electron chi connectivity index (χ1n) is 8.65. The number of aromatic hydroxyl groups is 1. The third-order valence-corrected chi connectivity index (χ3v) is 4.89. The SMILES string of the molecule is COc1cccc2c1C(=O)c1c(ccc(C(=O)c3ccc(C#N)cc3)c1O)C2=O. The van der Waals surface area contributed by atoms with Gasteiger partial charge in [-0.15, -0.1) is 0 Å². The molecular formula is C23H13NO5. The summed E-state index contributed by atoms with van der Waals surface area (Å²) in [5.41, 5.74) is 0.592. The van der Waals surface area contributed by atoms with E-state index >= 15 is 0 Å². The van der Waals surface area contributed by atoms with Crippen LogP contribution in [-0.4, -0.2) is 29.6 Å². The third kappa shape index (κ3) is 2.68. The maximum Gasteiger partial charge on any atom is 0.202 e. The second-order valence-corrected chi connectivity index (χ2v) is 6.44. The zero-order valence-electron chi connectivity index (χ0n) is 15.2. The Morgan fingerprint density at radius 3 is 2.28 bits per heavy atom. The molecule has 0 amide bonds. The number of carbonyl (C=O) groups excluding carboxylic acids is 3. The molecule has 1 aliphatic rings. The second kappa shape index (κ2) is 6.73. The van der Waals surface area contributed by atoms with Crippen molar-refractivity contribution < 1.29 is 24.2 Å². The Labute approximate surface area is 165 Å². The molecule has 0 atom stereocenters. The zero-order valence-corrected chi connectivity index (χ0v) is 15.2. The molecule has 0 bridgehead atoms. The summed E-state index contributed by atoms with van der Waals surface area (Å²) in [5.74, 6) is -1.87. The summed E-state index contributed by atoms with van der Waals surface area (Å²) in [7, 11) is 1.38. The summed E-state index contributed by atoms with van der Waals surface area (Å²) in [4.78, 5) is 38.8. The van der Waals surface area contributed by atoms with Crippen LogP contribution in [0.25, 0.3) is 0 Å². The Bertz CT molecular complexity index is 1250. The molecule has 3 aromatic carbocycles. The van der Waals surface area contributed by atoms with Crippen molar-refractivity contribution in [2.45, 2.75) is 0 Å². The Morgan fingerprint density at radius 2 is 1.62 bits per heavy atom. The van der Waals surface area contributed by atoms with E-state index < -0.39 is 23.1 Å². The average molecular weight is 383 g/mol. The number of methoxy groups -OCH3 is 1. The van der Waals surface area contributed by atoms with E-state index in [1.165, 1.54) is 49.6 Å². The number of ether oxygens (including phenoxy) is 1. The van der Waals surface area contributed by atoms with E-state index in [0.717, 1.165) is 0 Å². The van der Waals surface area contributed by atoms with Gasteiger partial charge in [0.15, 0.2) is 11.6 Å². The lowest BCUT2D eigenvalue weighted by molar-refractivity contribution is 0.0972. The van der Waals surface area contributed by atoms with Crippen LogP contribution in [0.15, 0.2) is 54.6 Å². The van der Waals surface area contributed by atoms with Gasteiger partial charge in [-0.3, -0.25) is 14.4 Å². The fraction of sp³-hybridized carbons (Fsp3) is 0.0435. The highest BCUT2D eigenvalue weighted by atomic mass is 16.5. The second-order valence-electron chi connectivity index (χ2n) is 6.44. The number of hydrogen-bond acceptors (Lipinski definition) is 6. The monoisotopic (exact) mass is 383 g/mol. The molecule has 29 heavy (non-hydrogen) atoms. The smallest absolute Gasteiger partial charge is 0.202 e. The molecule has 0 heterocycles. The van der Waals surface area contributed by atoms with Gasteiger partial charge in [-0.2, -0.15) is 5.26 Å². The molecule has 6 nitrogen and oxygen atoms in total. The maximum absolute atomic E-state index is 13.1. The van der Waals surface area contributed by atoms with Gasteiger partial charge in [0.25, 0.3) is 0 Å². The first kappa shape index (κ1) is 18.1. The van der Waals surface area contributed by atoms with Crippen LogP contribution >= 0.6 is 0 Å². The zero-order chi connectivity index (χ0) is 20.7. The lowest BCUT2D eigenvalue weighted by Gasteiger charge is -2.21. The van der Waals surface area contributed by atoms with Crippen molar-refractivity contribution in [3.63, 3.8) is 0 Å². The van der Waals surface area contributed by atoms with E-state index in [1.807, 2.05) is 6.07 Å². The van der Waals surface area contributed by atoms with Gasteiger partial charge in [0.2, 0.25) is 5.78 Å². The van der Waals surface area contributed by atoms with E-state index in [0.29, 0.717) is 5.56 Å². The molecule has 0 saturated heterocycles. The molecular weight excluding hydrogens is 370 g/mol. The van der Waals surface area contributed by atoms with Gasteiger partial charge in [-0.05, 0) is 42.5 Å². The van der Waals surface area contributed by atoms with E-state index in [-0.39, 0.29) is 39.1 Å². The molecule has 0 fully saturated rings. The van der Waals surface area contributed by atoms with Crippen LogP contribution < -0.4 is 4.74 Å². The molecule has 0 aromatic heterocycles. The number of ketones is 3. The molecule has 0 radical (unpaired) electrons. The van der Waals surface area contributed by atoms with Crippen molar-refractivity contribution in [1.82, 2.24) is 0 Å². The molecule has 0 spiro atoms. The van der Waals surface area contributed by atoms with Crippen LogP contribution in [0.5, 0.6) is 11.5 Å². The molecule has 140 valence electrons. The minimum absolute atomic E-state index is 0.0321. The lowest BCUT2D eigenvalue weighted by Crippen LogP contribution is -2.22. The Balaban J connectivity index is 1.86. The number of nitriles is 1. The minimum Gasteiger partial charge on any atom is -0.506 e. The van der Waals surface area contributed by atoms with Crippen LogP contribution in [0.2, 0.25) is 0 Å². The fourth-order valence-electron chi connectivity index (χ4n) is 3.44. The number of hydrogen-bond donors (Lipinski definition) is 1. The van der Waals surface area contributed by atoms with Gasteiger partial charge < -0.3 is 9.84 Å². The highest BCUT2D eigenvalue weighted by Crippen LogP contribution is 2.38. The average Bonchev–Trinajstić information content (AvgIpc) is 2.76. The third-order valence-electron chi connectivity index (χ3n) is 4.89. The van der Waals surface area contributed by atoms with Gasteiger partial charge in [-0.25, -0.2) is 0 Å². The minimum atomic E-state index is -0.584. The van der Waals surface area contributed by atoms with Gasteiger partial charge in [0.1, 0.15) is 11.5 Å². The fourth-order valence-corrected chi connectivity index (χ4v) is 3.44. The highest BCUT2D eigenvalue weighted by molar-refractivity contribution is 6.31. The summed E-state index contributed by atoms with van der Waals surface area (Å²) in [6.45, 7) is 0. The van der Waals surface area contributed by atoms with E-state index in [4.69, 9.17) is 10.00 Å². The molecule has 0 aliphatic heterocycles. The number of benzene rings is 3. The van der Waals surface area contributed by atoms with Crippen molar-refractivity contribution >= 4 is 17.3 Å². The summed E-state index contributed by atoms with van der Waals surface area (Å²) < 4.78 is 5.21.